The molecule has 126 valence electrons. The fraction of sp³-hybridized carbons (Fsp3) is 0.238. The van der Waals surface area contributed by atoms with E-state index in [-0.39, 0.29) is 11.7 Å². The summed E-state index contributed by atoms with van der Waals surface area (Å²) in [5.74, 6) is 0.0886. The topological polar surface area (TPSA) is 28.5 Å². The summed E-state index contributed by atoms with van der Waals surface area (Å²) in [7, 11) is 0. The number of benzene rings is 1. The van der Waals surface area contributed by atoms with Crippen LogP contribution < -0.4 is 0 Å². The first-order valence-electron chi connectivity index (χ1n) is 8.60. The molecule has 0 saturated heterocycles. The van der Waals surface area contributed by atoms with Gasteiger partial charge in [-0.3, -0.25) is 9.99 Å². The molecule has 2 atom stereocenters. The molecule has 2 unspecified atom stereocenters. The number of halogens is 1. The molecule has 0 spiro atoms. The van der Waals surface area contributed by atoms with Crippen LogP contribution in [0.15, 0.2) is 59.9 Å². The summed E-state index contributed by atoms with van der Waals surface area (Å²) in [6.45, 7) is 4.79. The van der Waals surface area contributed by atoms with Gasteiger partial charge in [-0.05, 0) is 49.2 Å². The molecule has 25 heavy (non-hydrogen) atoms. The van der Waals surface area contributed by atoms with Gasteiger partial charge in [0, 0.05) is 36.0 Å². The molecule has 1 aromatic heterocycles. The van der Waals surface area contributed by atoms with Crippen molar-refractivity contribution < 1.29 is 4.39 Å². The van der Waals surface area contributed by atoms with E-state index in [4.69, 9.17) is 0 Å². The van der Waals surface area contributed by atoms with E-state index in [1.165, 1.54) is 6.07 Å². The lowest BCUT2D eigenvalue weighted by molar-refractivity contribution is 0.263. The molecule has 1 aliphatic carbocycles. The fourth-order valence-corrected chi connectivity index (χ4v) is 3.49. The van der Waals surface area contributed by atoms with E-state index < -0.39 is 0 Å². The van der Waals surface area contributed by atoms with Gasteiger partial charge in [0.2, 0.25) is 0 Å². The first-order chi connectivity index (χ1) is 12.2. The third-order valence-corrected chi connectivity index (χ3v) is 4.84. The van der Waals surface area contributed by atoms with Crippen molar-refractivity contribution in [3.05, 3.63) is 71.7 Å². The van der Waals surface area contributed by atoms with Gasteiger partial charge in [-0.2, -0.15) is 5.10 Å². The highest BCUT2D eigenvalue weighted by atomic mass is 19.1. The maximum Gasteiger partial charge on any atom is 0.126 e. The number of likely N-dealkylation sites (N-methyl/N-ethyl adjacent to an activating group) is 1. The second kappa shape index (κ2) is 6.28. The molecule has 4 heteroatoms. The number of aryl methyl sites for hydroxylation is 1. The number of fused-ring (bicyclic) bond motifs is 1. The standard InChI is InChI=1S/C21H20FN3/c1-3-25-20-9-7-15(12-17(20)13-24-25)18-5-4-10-23-21(18)16-6-8-19(22)14(2)11-16/h4-13,17,20H,3H2,1-2H3. The Morgan fingerprint density at radius 3 is 2.92 bits per heavy atom. The minimum absolute atomic E-state index is 0.192. The van der Waals surface area contributed by atoms with E-state index in [9.17, 15) is 4.39 Å². The number of rotatable bonds is 3. The molecular formula is C21H20FN3. The van der Waals surface area contributed by atoms with E-state index in [0.717, 1.165) is 28.9 Å². The van der Waals surface area contributed by atoms with Gasteiger partial charge in [-0.15, -0.1) is 0 Å². The smallest absolute Gasteiger partial charge is 0.126 e. The first-order valence-corrected chi connectivity index (χ1v) is 8.60. The van der Waals surface area contributed by atoms with Crippen LogP contribution in [0.5, 0.6) is 0 Å². The van der Waals surface area contributed by atoms with E-state index in [1.54, 1.807) is 19.2 Å². The lowest BCUT2D eigenvalue weighted by Gasteiger charge is -2.26. The summed E-state index contributed by atoms with van der Waals surface area (Å²) >= 11 is 0. The van der Waals surface area contributed by atoms with Crippen LogP contribution in [0.4, 0.5) is 4.39 Å². The first kappa shape index (κ1) is 15.8. The van der Waals surface area contributed by atoms with Gasteiger partial charge in [-0.1, -0.05) is 24.3 Å². The van der Waals surface area contributed by atoms with Crippen LogP contribution in [-0.4, -0.2) is 28.8 Å². The maximum atomic E-state index is 13.6. The normalized spacial score (nSPS) is 21.4. The van der Waals surface area contributed by atoms with Crippen LogP contribution in [0.3, 0.4) is 0 Å². The largest absolute Gasteiger partial charge is 0.290 e. The van der Waals surface area contributed by atoms with E-state index in [2.05, 4.69) is 46.3 Å². The number of allylic oxidation sites excluding steroid dienone is 2. The molecule has 3 nitrogen and oxygen atoms in total. The molecule has 2 aliphatic rings. The summed E-state index contributed by atoms with van der Waals surface area (Å²) < 4.78 is 13.6. The summed E-state index contributed by atoms with van der Waals surface area (Å²) in [6, 6.07) is 9.47. The van der Waals surface area contributed by atoms with Crippen LogP contribution in [0.25, 0.3) is 16.8 Å². The summed E-state index contributed by atoms with van der Waals surface area (Å²) in [6.07, 6.45) is 10.4. The van der Waals surface area contributed by atoms with Gasteiger partial charge < -0.3 is 0 Å². The lowest BCUT2D eigenvalue weighted by atomic mass is 9.88. The summed E-state index contributed by atoms with van der Waals surface area (Å²) in [4.78, 5) is 4.57. The van der Waals surface area contributed by atoms with E-state index in [0.29, 0.717) is 11.6 Å². The minimum atomic E-state index is -0.192. The predicted octanol–water partition coefficient (Wildman–Crippen LogP) is 4.46. The zero-order valence-electron chi connectivity index (χ0n) is 14.4. The molecule has 0 N–H and O–H groups in total. The SMILES string of the molecule is CCN1N=CC2C=C(c3cccnc3-c3ccc(F)c(C)c3)C=CC21. The van der Waals surface area contributed by atoms with E-state index >= 15 is 0 Å². The zero-order valence-corrected chi connectivity index (χ0v) is 14.4. The van der Waals surface area contributed by atoms with Crippen molar-refractivity contribution in [2.75, 3.05) is 6.54 Å². The molecule has 1 aromatic carbocycles. The van der Waals surface area contributed by atoms with Crippen LogP contribution in [0.2, 0.25) is 0 Å². The van der Waals surface area contributed by atoms with Gasteiger partial charge in [0.15, 0.2) is 0 Å². The molecule has 0 saturated carbocycles. The molecule has 0 amide bonds. The van der Waals surface area contributed by atoms with Crippen LogP contribution in [0.1, 0.15) is 18.1 Å². The number of nitrogens with zero attached hydrogens (tertiary/aromatic N) is 3. The highest BCUT2D eigenvalue weighted by molar-refractivity contribution is 5.87. The zero-order chi connectivity index (χ0) is 17.4. The van der Waals surface area contributed by atoms with Crippen LogP contribution >= 0.6 is 0 Å². The molecule has 0 fully saturated rings. The number of aromatic nitrogens is 1. The molecule has 0 radical (unpaired) electrons. The van der Waals surface area contributed by atoms with Crippen molar-refractivity contribution in [3.8, 4) is 11.3 Å². The van der Waals surface area contributed by atoms with Crippen molar-refractivity contribution in [2.45, 2.75) is 19.9 Å². The lowest BCUT2D eigenvalue weighted by Crippen LogP contribution is -2.30. The van der Waals surface area contributed by atoms with Crippen molar-refractivity contribution in [1.29, 1.82) is 0 Å². The maximum absolute atomic E-state index is 13.6. The molecule has 1 aliphatic heterocycles. The molecule has 2 aromatic rings. The van der Waals surface area contributed by atoms with E-state index in [1.807, 2.05) is 18.3 Å². The summed E-state index contributed by atoms with van der Waals surface area (Å²) in [5, 5.41) is 6.58. The number of hydrogen-bond donors (Lipinski definition) is 0. The van der Waals surface area contributed by atoms with Crippen LogP contribution in [0, 0.1) is 18.7 Å². The number of hydrogen-bond acceptors (Lipinski definition) is 3. The predicted molar refractivity (Wildman–Crippen MR) is 99.6 cm³/mol. The Kier molecular flexibility index (Phi) is 3.96. The summed E-state index contributed by atoms with van der Waals surface area (Å²) in [5.41, 5.74) is 4.63. The third-order valence-electron chi connectivity index (χ3n) is 4.84. The Morgan fingerprint density at radius 2 is 2.12 bits per heavy atom. The van der Waals surface area contributed by atoms with Gasteiger partial charge in [0.05, 0.1) is 11.7 Å². The van der Waals surface area contributed by atoms with Gasteiger partial charge >= 0.3 is 0 Å². The van der Waals surface area contributed by atoms with Gasteiger partial charge in [0.1, 0.15) is 5.82 Å². The molecular weight excluding hydrogens is 313 g/mol. The van der Waals surface area contributed by atoms with Crippen molar-refractivity contribution in [3.63, 3.8) is 0 Å². The number of pyridine rings is 1. The Labute approximate surface area is 147 Å². The second-order valence-corrected chi connectivity index (χ2v) is 6.43. The Bertz CT molecular complexity index is 898. The molecule has 4 rings (SSSR count). The number of hydrazone groups is 1. The van der Waals surface area contributed by atoms with Crippen molar-refractivity contribution >= 4 is 11.8 Å². The second-order valence-electron chi connectivity index (χ2n) is 6.43. The Hall–Kier alpha value is -2.75. The van der Waals surface area contributed by atoms with Gasteiger partial charge in [0.25, 0.3) is 0 Å². The average molecular weight is 333 g/mol. The molecule has 2 heterocycles. The highest BCUT2D eigenvalue weighted by Gasteiger charge is 2.29. The Balaban J connectivity index is 1.74. The third kappa shape index (κ3) is 2.78. The highest BCUT2D eigenvalue weighted by Crippen LogP contribution is 2.34. The minimum Gasteiger partial charge on any atom is -0.290 e. The quantitative estimate of drug-likeness (QED) is 0.830. The van der Waals surface area contributed by atoms with Crippen molar-refractivity contribution in [2.24, 2.45) is 11.0 Å². The van der Waals surface area contributed by atoms with Gasteiger partial charge in [-0.25, -0.2) is 4.39 Å². The molecule has 0 bridgehead atoms. The fourth-order valence-electron chi connectivity index (χ4n) is 3.49. The average Bonchev–Trinajstić information content (AvgIpc) is 3.06. The van der Waals surface area contributed by atoms with Crippen molar-refractivity contribution in [1.82, 2.24) is 9.99 Å². The van der Waals surface area contributed by atoms with Crippen LogP contribution in [-0.2, 0) is 0 Å². The Morgan fingerprint density at radius 1 is 1.24 bits per heavy atom. The monoisotopic (exact) mass is 333 g/mol.